The summed E-state index contributed by atoms with van der Waals surface area (Å²) in [6, 6.07) is 18.7. The highest BCUT2D eigenvalue weighted by Gasteiger charge is 2.67. The Labute approximate surface area is 294 Å². The van der Waals surface area contributed by atoms with Crippen LogP contribution in [0.3, 0.4) is 0 Å². The number of rotatable bonds is 5. The summed E-state index contributed by atoms with van der Waals surface area (Å²) < 4.78 is 12.3. The lowest BCUT2D eigenvalue weighted by Gasteiger charge is -2.70. The lowest BCUT2D eigenvalue weighted by atomic mass is 9.35. The molecule has 5 nitrogen and oxygen atoms in total. The highest BCUT2D eigenvalue weighted by atomic mass is 16.5. The average Bonchev–Trinajstić information content (AvgIpc) is 3.08. The number of benzene rings is 2. The van der Waals surface area contributed by atoms with Gasteiger partial charge in [-0.15, -0.1) is 0 Å². The summed E-state index contributed by atoms with van der Waals surface area (Å²) in [5.74, 6) is 0.210. The minimum atomic E-state index is -0.494. The molecule has 7 rings (SSSR count). The lowest BCUT2D eigenvalue weighted by molar-refractivity contribution is -0.169. The Kier molecular flexibility index (Phi) is 8.33. The molecule has 3 saturated carbocycles. The van der Waals surface area contributed by atoms with Crippen LogP contribution in [0, 0.1) is 44.3 Å². The standard InChI is InChI=1S/C44H58O5/c1-39(2)33-26-32(45)36-31(42(33,5)20-19-35(39)49-38(47)30-16-12-9-13-17-30)18-21-43(6)34-27-40(3,22-23-41(34,4)24-25-44(36,43)7)28-48-37(46)29-14-10-8-11-15-29/h8-17,32-35,45H,18-28H2,1-7H3. The molecule has 0 amide bonds. The zero-order valence-electron chi connectivity index (χ0n) is 30.9. The molecule has 0 aliphatic heterocycles. The van der Waals surface area contributed by atoms with E-state index in [0.717, 1.165) is 57.8 Å². The van der Waals surface area contributed by atoms with E-state index in [1.165, 1.54) is 11.1 Å². The first-order valence-electron chi connectivity index (χ1n) is 19.0. The van der Waals surface area contributed by atoms with Gasteiger partial charge in [0.05, 0.1) is 23.8 Å². The summed E-state index contributed by atoms with van der Waals surface area (Å²) in [5, 5.41) is 12.3. The average molecular weight is 667 g/mol. The zero-order valence-corrected chi connectivity index (χ0v) is 30.9. The molecule has 0 saturated heterocycles. The molecule has 0 spiro atoms. The predicted molar refractivity (Wildman–Crippen MR) is 193 cm³/mol. The van der Waals surface area contributed by atoms with Crippen LogP contribution in [0.25, 0.3) is 0 Å². The molecule has 1 N–H and O–H groups in total. The van der Waals surface area contributed by atoms with Crippen molar-refractivity contribution in [2.75, 3.05) is 6.61 Å². The number of esters is 2. The van der Waals surface area contributed by atoms with Crippen LogP contribution in [-0.2, 0) is 9.47 Å². The monoisotopic (exact) mass is 666 g/mol. The number of hydrogen-bond acceptors (Lipinski definition) is 5. The summed E-state index contributed by atoms with van der Waals surface area (Å²) in [5.41, 5.74) is 3.85. The number of allylic oxidation sites excluding steroid dienone is 1. The van der Waals surface area contributed by atoms with Crippen LogP contribution in [0.4, 0.5) is 0 Å². The molecular formula is C44H58O5. The van der Waals surface area contributed by atoms with Crippen LogP contribution in [0.2, 0.25) is 0 Å². The van der Waals surface area contributed by atoms with Gasteiger partial charge >= 0.3 is 11.9 Å². The van der Waals surface area contributed by atoms with E-state index >= 15 is 0 Å². The Morgan fingerprint density at radius 3 is 2.02 bits per heavy atom. The van der Waals surface area contributed by atoms with Crippen molar-refractivity contribution in [3.63, 3.8) is 0 Å². The molecule has 5 heteroatoms. The quantitative estimate of drug-likeness (QED) is 0.254. The molecule has 2 aromatic carbocycles. The molecule has 2 aromatic rings. The van der Waals surface area contributed by atoms with Crippen molar-refractivity contribution in [2.45, 2.75) is 125 Å². The Balaban J connectivity index is 1.16. The number of carbonyl (C=O) groups excluding carboxylic acids is 2. The predicted octanol–water partition coefficient (Wildman–Crippen LogP) is 9.99. The van der Waals surface area contributed by atoms with Gasteiger partial charge < -0.3 is 14.6 Å². The molecule has 0 heterocycles. The third-order valence-electron chi connectivity index (χ3n) is 15.6. The summed E-state index contributed by atoms with van der Waals surface area (Å²) in [7, 11) is 0. The molecule has 5 aliphatic rings. The van der Waals surface area contributed by atoms with E-state index in [1.807, 2.05) is 60.7 Å². The van der Waals surface area contributed by atoms with E-state index in [9.17, 15) is 14.7 Å². The Morgan fingerprint density at radius 2 is 1.37 bits per heavy atom. The highest BCUT2D eigenvalue weighted by molar-refractivity contribution is 5.89. The van der Waals surface area contributed by atoms with E-state index in [0.29, 0.717) is 30.1 Å². The molecule has 9 atom stereocenters. The molecule has 49 heavy (non-hydrogen) atoms. The van der Waals surface area contributed by atoms with Crippen molar-refractivity contribution in [3.8, 4) is 0 Å². The molecule has 264 valence electrons. The summed E-state index contributed by atoms with van der Waals surface area (Å²) >= 11 is 0. The van der Waals surface area contributed by atoms with Gasteiger partial charge in [-0.3, -0.25) is 0 Å². The molecule has 9 unspecified atom stereocenters. The summed E-state index contributed by atoms with van der Waals surface area (Å²) in [6.07, 6.45) is 9.48. The fourth-order valence-corrected chi connectivity index (χ4v) is 12.3. The van der Waals surface area contributed by atoms with Crippen LogP contribution in [0.15, 0.2) is 71.8 Å². The van der Waals surface area contributed by atoms with Gasteiger partial charge in [-0.2, -0.15) is 0 Å². The smallest absolute Gasteiger partial charge is 0.338 e. The van der Waals surface area contributed by atoms with Crippen LogP contribution in [0.5, 0.6) is 0 Å². The van der Waals surface area contributed by atoms with Crippen molar-refractivity contribution in [1.29, 1.82) is 0 Å². The van der Waals surface area contributed by atoms with Gasteiger partial charge in [-0.1, -0.05) is 90.4 Å². The number of fused-ring (bicyclic) bond motifs is 6. The fraction of sp³-hybridized carbons (Fsp3) is 0.636. The van der Waals surface area contributed by atoms with Crippen LogP contribution < -0.4 is 0 Å². The Morgan fingerprint density at radius 1 is 0.755 bits per heavy atom. The molecule has 0 aromatic heterocycles. The number of hydrogen-bond donors (Lipinski definition) is 1. The maximum absolute atomic E-state index is 13.2. The fourth-order valence-electron chi connectivity index (χ4n) is 12.3. The van der Waals surface area contributed by atoms with Crippen molar-refractivity contribution >= 4 is 11.9 Å². The minimum absolute atomic E-state index is 0.0338. The van der Waals surface area contributed by atoms with Gasteiger partial charge in [0.1, 0.15) is 6.10 Å². The SMILES string of the molecule is CC1(COC(=O)c2ccccc2)CCC2(C)CCC3(C)C4=C(CCC3(C)C2C1)C1(C)CCC(OC(=O)c2ccccc2)C(C)(C)C1CC4O. The lowest BCUT2D eigenvalue weighted by Crippen LogP contribution is -2.63. The van der Waals surface area contributed by atoms with E-state index < -0.39 is 6.10 Å². The van der Waals surface area contributed by atoms with E-state index in [2.05, 4.69) is 48.5 Å². The maximum atomic E-state index is 13.2. The molecule has 0 radical (unpaired) electrons. The first kappa shape index (κ1) is 34.5. The van der Waals surface area contributed by atoms with Gasteiger partial charge in [-0.25, -0.2) is 9.59 Å². The molecule has 0 bridgehead atoms. The normalized spacial score (nSPS) is 41.0. The largest absolute Gasteiger partial charge is 0.462 e. The Hall–Kier alpha value is -2.92. The van der Waals surface area contributed by atoms with Crippen molar-refractivity contribution in [2.24, 2.45) is 44.3 Å². The Bertz CT molecular complexity index is 1630. The summed E-state index contributed by atoms with van der Waals surface area (Å²) in [6.45, 7) is 17.3. The van der Waals surface area contributed by atoms with Gasteiger partial charge in [0.15, 0.2) is 0 Å². The minimum Gasteiger partial charge on any atom is -0.462 e. The van der Waals surface area contributed by atoms with Gasteiger partial charge in [0, 0.05) is 10.8 Å². The zero-order chi connectivity index (χ0) is 35.0. The number of ether oxygens (including phenoxy) is 2. The molecular weight excluding hydrogens is 608 g/mol. The van der Waals surface area contributed by atoms with Crippen LogP contribution in [0.1, 0.15) is 133 Å². The van der Waals surface area contributed by atoms with Crippen LogP contribution in [-0.4, -0.2) is 35.9 Å². The van der Waals surface area contributed by atoms with Gasteiger partial charge in [0.2, 0.25) is 0 Å². The van der Waals surface area contributed by atoms with E-state index in [4.69, 9.17) is 9.47 Å². The number of carbonyl (C=O) groups is 2. The van der Waals surface area contributed by atoms with E-state index in [1.54, 1.807) is 0 Å². The molecule has 3 fully saturated rings. The van der Waals surface area contributed by atoms with Gasteiger partial charge in [-0.05, 0) is 128 Å². The first-order chi connectivity index (χ1) is 23.1. The second-order valence-electron chi connectivity index (χ2n) is 18.6. The highest BCUT2D eigenvalue weighted by Crippen LogP contribution is 2.75. The first-order valence-corrected chi connectivity index (χ1v) is 19.0. The third-order valence-corrected chi connectivity index (χ3v) is 15.6. The van der Waals surface area contributed by atoms with Crippen molar-refractivity contribution < 1.29 is 24.2 Å². The van der Waals surface area contributed by atoms with Crippen LogP contribution >= 0.6 is 0 Å². The second kappa shape index (κ2) is 11.8. The molecule has 5 aliphatic carbocycles. The van der Waals surface area contributed by atoms with E-state index in [-0.39, 0.29) is 56.5 Å². The third kappa shape index (κ3) is 5.35. The maximum Gasteiger partial charge on any atom is 0.338 e. The topological polar surface area (TPSA) is 72.8 Å². The number of aliphatic hydroxyl groups excluding tert-OH is 1. The summed E-state index contributed by atoms with van der Waals surface area (Å²) in [4.78, 5) is 26.1. The van der Waals surface area contributed by atoms with Crippen molar-refractivity contribution in [3.05, 3.63) is 82.9 Å². The van der Waals surface area contributed by atoms with Crippen molar-refractivity contribution in [1.82, 2.24) is 0 Å². The second-order valence-corrected chi connectivity index (χ2v) is 18.6. The number of aliphatic hydroxyl groups is 1. The van der Waals surface area contributed by atoms with Gasteiger partial charge in [0.25, 0.3) is 0 Å².